The second-order valence-electron chi connectivity index (χ2n) is 4.82. The molecule has 2 heterocycles. The van der Waals surface area contributed by atoms with Crippen molar-refractivity contribution in [3.05, 3.63) is 34.8 Å². The van der Waals surface area contributed by atoms with Gasteiger partial charge in [0.15, 0.2) is 0 Å². The third kappa shape index (κ3) is 2.85. The Morgan fingerprint density at radius 2 is 2.29 bits per heavy atom. The molecular weight excluding hydrogens is 284 g/mol. The van der Waals surface area contributed by atoms with E-state index >= 15 is 0 Å². The van der Waals surface area contributed by atoms with E-state index in [-0.39, 0.29) is 0 Å². The zero-order valence-electron chi connectivity index (χ0n) is 12.0. The molecule has 0 spiro atoms. The molecule has 0 aliphatic carbocycles. The van der Waals surface area contributed by atoms with Gasteiger partial charge in [0, 0.05) is 18.3 Å². The molecule has 0 amide bonds. The number of imidazole rings is 1. The van der Waals surface area contributed by atoms with E-state index in [1.807, 2.05) is 28.3 Å². The topological polar surface area (TPSA) is 66.0 Å². The van der Waals surface area contributed by atoms with Crippen LogP contribution in [0.1, 0.15) is 19.0 Å². The van der Waals surface area contributed by atoms with Gasteiger partial charge in [-0.2, -0.15) is 0 Å². The largest absolute Gasteiger partial charge is 0.491 e. The molecule has 6 heteroatoms. The lowest BCUT2D eigenvalue weighted by atomic mass is 10.2. The number of thiazole rings is 1. The first-order valence-corrected chi connectivity index (χ1v) is 7.98. The lowest BCUT2D eigenvalue weighted by molar-refractivity contribution is 0.320. The number of anilines is 1. The van der Waals surface area contributed by atoms with E-state index in [4.69, 9.17) is 10.5 Å². The highest BCUT2D eigenvalue weighted by atomic mass is 32.1. The Morgan fingerprint density at radius 1 is 1.38 bits per heavy atom. The minimum absolute atomic E-state index is 0.521. The zero-order chi connectivity index (χ0) is 14.7. The van der Waals surface area contributed by atoms with Crippen LogP contribution in [-0.4, -0.2) is 21.1 Å². The van der Waals surface area contributed by atoms with E-state index in [2.05, 4.69) is 22.3 Å². The van der Waals surface area contributed by atoms with E-state index in [9.17, 15) is 0 Å². The monoisotopic (exact) mass is 302 g/mol. The first kappa shape index (κ1) is 13.9. The van der Waals surface area contributed by atoms with E-state index in [1.54, 1.807) is 11.3 Å². The normalized spacial score (nSPS) is 11.1. The number of para-hydroxylation sites is 1. The summed E-state index contributed by atoms with van der Waals surface area (Å²) >= 11 is 1.61. The van der Waals surface area contributed by atoms with Crippen molar-refractivity contribution in [2.75, 3.05) is 12.3 Å². The van der Waals surface area contributed by atoms with E-state index in [0.717, 1.165) is 41.9 Å². The molecule has 0 radical (unpaired) electrons. The molecular formula is C15H18N4OS. The van der Waals surface area contributed by atoms with E-state index in [0.29, 0.717) is 12.6 Å². The molecule has 21 heavy (non-hydrogen) atoms. The highest BCUT2D eigenvalue weighted by molar-refractivity contribution is 7.07. The number of nitrogens with two attached hydrogens (primary N) is 1. The summed E-state index contributed by atoms with van der Waals surface area (Å²) in [6, 6.07) is 5.95. The summed E-state index contributed by atoms with van der Waals surface area (Å²) in [7, 11) is 0. The molecule has 0 aliphatic rings. The summed E-state index contributed by atoms with van der Waals surface area (Å²) in [6.07, 6.45) is 1.82. The van der Waals surface area contributed by atoms with Crippen molar-refractivity contribution in [2.45, 2.75) is 26.3 Å². The van der Waals surface area contributed by atoms with E-state index in [1.165, 1.54) is 0 Å². The molecule has 3 rings (SSSR count). The SMILES string of the molecule is CCCOc1cccc2c1nc(N)n2CCc1cscn1. The summed E-state index contributed by atoms with van der Waals surface area (Å²) in [5.74, 6) is 1.32. The van der Waals surface area contributed by atoms with Crippen LogP contribution in [0, 0.1) is 0 Å². The molecule has 0 atom stereocenters. The Balaban J connectivity index is 1.89. The first-order chi connectivity index (χ1) is 10.3. The zero-order valence-corrected chi connectivity index (χ0v) is 12.8. The van der Waals surface area contributed by atoms with Gasteiger partial charge in [0.05, 0.1) is 23.3 Å². The van der Waals surface area contributed by atoms with Crippen molar-refractivity contribution in [1.29, 1.82) is 0 Å². The third-order valence-corrected chi connectivity index (χ3v) is 3.94. The third-order valence-electron chi connectivity index (χ3n) is 3.31. The van der Waals surface area contributed by atoms with Gasteiger partial charge in [-0.15, -0.1) is 11.3 Å². The van der Waals surface area contributed by atoms with Gasteiger partial charge >= 0.3 is 0 Å². The van der Waals surface area contributed by atoms with Crippen molar-refractivity contribution < 1.29 is 4.74 Å². The molecule has 5 nitrogen and oxygen atoms in total. The van der Waals surface area contributed by atoms with Crippen molar-refractivity contribution in [3.63, 3.8) is 0 Å². The summed E-state index contributed by atoms with van der Waals surface area (Å²) in [5.41, 5.74) is 10.8. The first-order valence-electron chi connectivity index (χ1n) is 7.04. The van der Waals surface area contributed by atoms with Crippen LogP contribution in [0.3, 0.4) is 0 Å². The van der Waals surface area contributed by atoms with Gasteiger partial charge in [0.1, 0.15) is 11.3 Å². The molecule has 0 aliphatic heterocycles. The van der Waals surface area contributed by atoms with Crippen molar-refractivity contribution in [1.82, 2.24) is 14.5 Å². The fraction of sp³-hybridized carbons (Fsp3) is 0.333. The van der Waals surface area contributed by atoms with Crippen LogP contribution in [0.15, 0.2) is 29.1 Å². The number of aryl methyl sites for hydroxylation is 2. The van der Waals surface area contributed by atoms with Gasteiger partial charge in [0.2, 0.25) is 5.95 Å². The van der Waals surface area contributed by atoms with Crippen LogP contribution < -0.4 is 10.5 Å². The van der Waals surface area contributed by atoms with Gasteiger partial charge in [-0.1, -0.05) is 13.0 Å². The Kier molecular flexibility index (Phi) is 4.06. The quantitative estimate of drug-likeness (QED) is 0.760. The molecule has 2 aromatic heterocycles. The average Bonchev–Trinajstić information content (AvgIpc) is 3.10. The average molecular weight is 302 g/mol. The number of hydrogen-bond acceptors (Lipinski definition) is 5. The number of aromatic nitrogens is 3. The number of fused-ring (bicyclic) bond motifs is 1. The summed E-state index contributed by atoms with van der Waals surface area (Å²) in [4.78, 5) is 8.77. The van der Waals surface area contributed by atoms with Crippen LogP contribution in [0.5, 0.6) is 5.75 Å². The predicted molar refractivity (Wildman–Crippen MR) is 85.7 cm³/mol. The maximum atomic E-state index is 6.07. The van der Waals surface area contributed by atoms with E-state index < -0.39 is 0 Å². The van der Waals surface area contributed by atoms with Crippen molar-refractivity contribution >= 4 is 28.3 Å². The number of nitrogens with zero attached hydrogens (tertiary/aromatic N) is 3. The molecule has 0 unspecified atom stereocenters. The van der Waals surface area contributed by atoms with Gasteiger partial charge < -0.3 is 15.0 Å². The molecule has 0 fully saturated rings. The number of nitrogen functional groups attached to an aromatic ring is 1. The highest BCUT2D eigenvalue weighted by Crippen LogP contribution is 2.27. The maximum Gasteiger partial charge on any atom is 0.201 e. The summed E-state index contributed by atoms with van der Waals surface area (Å²) in [6.45, 7) is 3.54. The molecule has 3 aromatic rings. The molecule has 0 saturated heterocycles. The smallest absolute Gasteiger partial charge is 0.201 e. The Labute approximate surface area is 127 Å². The Bertz CT molecular complexity index is 721. The highest BCUT2D eigenvalue weighted by Gasteiger charge is 2.12. The number of ether oxygens (including phenoxy) is 1. The summed E-state index contributed by atoms with van der Waals surface area (Å²) in [5, 5.41) is 2.06. The minimum Gasteiger partial charge on any atom is -0.491 e. The van der Waals surface area contributed by atoms with Gasteiger partial charge in [0.25, 0.3) is 0 Å². The maximum absolute atomic E-state index is 6.07. The van der Waals surface area contributed by atoms with Crippen molar-refractivity contribution in [3.8, 4) is 5.75 Å². The van der Waals surface area contributed by atoms with Crippen LogP contribution in [-0.2, 0) is 13.0 Å². The second kappa shape index (κ2) is 6.13. The number of benzene rings is 1. The second-order valence-corrected chi connectivity index (χ2v) is 5.54. The lowest BCUT2D eigenvalue weighted by Crippen LogP contribution is -2.05. The van der Waals surface area contributed by atoms with Crippen molar-refractivity contribution in [2.24, 2.45) is 0 Å². The predicted octanol–water partition coefficient (Wildman–Crippen LogP) is 3.11. The Hall–Kier alpha value is -2.08. The number of hydrogen-bond donors (Lipinski definition) is 1. The lowest BCUT2D eigenvalue weighted by Gasteiger charge is -2.07. The fourth-order valence-electron chi connectivity index (χ4n) is 2.29. The van der Waals surface area contributed by atoms with Gasteiger partial charge in [-0.25, -0.2) is 9.97 Å². The summed E-state index contributed by atoms with van der Waals surface area (Å²) < 4.78 is 7.77. The molecule has 2 N–H and O–H groups in total. The van der Waals surface area contributed by atoms with Crippen LogP contribution in [0.2, 0.25) is 0 Å². The number of rotatable bonds is 6. The van der Waals surface area contributed by atoms with Crippen LogP contribution in [0.4, 0.5) is 5.95 Å². The Morgan fingerprint density at radius 3 is 3.05 bits per heavy atom. The molecule has 110 valence electrons. The van der Waals surface area contributed by atoms with Crippen LogP contribution in [0.25, 0.3) is 11.0 Å². The molecule has 0 saturated carbocycles. The molecule has 0 bridgehead atoms. The standard InChI is InChI=1S/C15H18N4OS/c1-2-8-20-13-5-3-4-12-14(13)18-15(16)19(12)7-6-11-9-21-10-17-11/h3-5,9-10H,2,6-8H2,1H3,(H2,16,18). The van der Waals surface area contributed by atoms with Gasteiger partial charge in [-0.3, -0.25) is 0 Å². The van der Waals surface area contributed by atoms with Gasteiger partial charge in [-0.05, 0) is 18.6 Å². The molecule has 1 aromatic carbocycles. The fourth-order valence-corrected chi connectivity index (χ4v) is 2.88. The minimum atomic E-state index is 0.521. The van der Waals surface area contributed by atoms with Crippen LogP contribution >= 0.6 is 11.3 Å².